The number of alkyl halides is 3. The van der Waals surface area contributed by atoms with Crippen LogP contribution >= 0.6 is 23.1 Å². The van der Waals surface area contributed by atoms with Gasteiger partial charge in [0.1, 0.15) is 28.9 Å². The van der Waals surface area contributed by atoms with Crippen molar-refractivity contribution < 1.29 is 52.2 Å². The highest BCUT2D eigenvalue weighted by Gasteiger charge is 2.54. The Morgan fingerprint density at radius 1 is 1.15 bits per heavy atom. The van der Waals surface area contributed by atoms with Crippen molar-refractivity contribution >= 4 is 63.6 Å². The largest absolute Gasteiger partial charge is 0.490 e. The number of aromatic nitrogens is 1. The maximum absolute atomic E-state index is 13.3. The molecule has 2 saturated carbocycles. The SMILES string of the molecule is Nc1nc(/C(=N/OC2CCCC2)C(=O)N[C@@H]2C(=O)N3C(C(=O)O)=C(/C=C4/CCN(C5CC5)C4=O)CS[C@H]23)cs1.O=C(O)C(F)(F)F. The van der Waals surface area contributed by atoms with Gasteiger partial charge in [0.2, 0.25) is 5.91 Å². The van der Waals surface area contributed by atoms with Gasteiger partial charge in [0, 0.05) is 29.3 Å². The van der Waals surface area contributed by atoms with E-state index in [1.807, 2.05) is 4.90 Å². The van der Waals surface area contributed by atoms with Crippen LogP contribution in [0, 0.1) is 0 Å². The van der Waals surface area contributed by atoms with Crippen molar-refractivity contribution in [3.05, 3.63) is 34.0 Å². The molecule has 0 unspecified atom stereocenters. The van der Waals surface area contributed by atoms with Gasteiger partial charge < -0.3 is 31.0 Å². The first-order chi connectivity index (χ1) is 21.8. The maximum Gasteiger partial charge on any atom is 0.490 e. The number of oxime groups is 1. The third-order valence-electron chi connectivity index (χ3n) is 7.80. The van der Waals surface area contributed by atoms with Crippen molar-refractivity contribution in [2.75, 3.05) is 18.0 Å². The van der Waals surface area contributed by atoms with E-state index >= 15 is 0 Å². The highest BCUT2D eigenvalue weighted by molar-refractivity contribution is 8.00. The summed E-state index contributed by atoms with van der Waals surface area (Å²) < 4.78 is 31.7. The molecule has 0 radical (unpaired) electrons. The fourth-order valence-corrected chi connectivity index (χ4v) is 7.25. The minimum Gasteiger partial charge on any atom is -0.477 e. The number of nitrogen functional groups attached to an aromatic ring is 1. The number of amides is 3. The first-order valence-electron chi connectivity index (χ1n) is 14.2. The molecule has 14 nitrogen and oxygen atoms in total. The number of allylic oxidation sites excluding steroid dienone is 1. The number of nitrogens with one attached hydrogen (secondary N) is 1. The molecule has 0 aromatic carbocycles. The lowest BCUT2D eigenvalue weighted by Crippen LogP contribution is -2.71. The van der Waals surface area contributed by atoms with Crippen LogP contribution in [0.4, 0.5) is 18.3 Å². The topological polar surface area (TPSA) is 205 Å². The zero-order valence-corrected chi connectivity index (χ0v) is 25.6. The Labute approximate surface area is 267 Å². The molecule has 3 amide bonds. The van der Waals surface area contributed by atoms with Crippen LogP contribution in [0.1, 0.15) is 50.6 Å². The van der Waals surface area contributed by atoms with E-state index in [-0.39, 0.29) is 40.0 Å². The van der Waals surface area contributed by atoms with Crippen molar-refractivity contribution in [3.8, 4) is 0 Å². The smallest absolute Gasteiger partial charge is 0.477 e. The number of thioether (sulfide) groups is 1. The summed E-state index contributed by atoms with van der Waals surface area (Å²) in [7, 11) is 0. The summed E-state index contributed by atoms with van der Waals surface area (Å²) in [5.74, 6) is -4.97. The van der Waals surface area contributed by atoms with Gasteiger partial charge in [-0.15, -0.1) is 23.1 Å². The number of likely N-dealkylation sites (tertiary alicyclic amines) is 1. The lowest BCUT2D eigenvalue weighted by molar-refractivity contribution is -0.192. The highest BCUT2D eigenvalue weighted by Crippen LogP contribution is 2.42. The van der Waals surface area contributed by atoms with Crippen LogP contribution < -0.4 is 11.1 Å². The quantitative estimate of drug-likeness (QED) is 0.135. The number of carbonyl (C=O) groups is 5. The van der Waals surface area contributed by atoms with Crippen molar-refractivity contribution in [1.82, 2.24) is 20.1 Å². The number of nitrogens with two attached hydrogens (primary N) is 1. The lowest BCUT2D eigenvalue weighted by atomic mass is 10.0. The molecule has 1 aromatic rings. The average Bonchev–Trinajstić information content (AvgIpc) is 3.33. The molecule has 4 fully saturated rings. The van der Waals surface area contributed by atoms with Gasteiger partial charge in [-0.3, -0.25) is 19.3 Å². The first kappa shape index (κ1) is 33.2. The molecule has 0 spiro atoms. The van der Waals surface area contributed by atoms with Gasteiger partial charge in [-0.05, 0) is 56.6 Å². The second-order valence-electron chi connectivity index (χ2n) is 11.0. The molecule has 19 heteroatoms. The van der Waals surface area contributed by atoms with Gasteiger partial charge in [-0.1, -0.05) is 5.16 Å². The summed E-state index contributed by atoms with van der Waals surface area (Å²) in [4.78, 5) is 73.1. The van der Waals surface area contributed by atoms with Gasteiger partial charge in [-0.25, -0.2) is 14.6 Å². The van der Waals surface area contributed by atoms with Crippen LogP contribution in [0.15, 0.2) is 33.5 Å². The molecule has 2 aliphatic carbocycles. The van der Waals surface area contributed by atoms with E-state index in [2.05, 4.69) is 15.5 Å². The normalized spacial score (nSPS) is 24.4. The van der Waals surface area contributed by atoms with Crippen LogP contribution in [0.25, 0.3) is 0 Å². The third-order valence-corrected chi connectivity index (χ3v) is 9.77. The molecule has 5 aliphatic rings. The molecule has 46 heavy (non-hydrogen) atoms. The van der Waals surface area contributed by atoms with Gasteiger partial charge in [-0.2, -0.15) is 13.2 Å². The number of anilines is 1. The number of hydrogen-bond acceptors (Lipinski definition) is 11. The van der Waals surface area contributed by atoms with Crippen molar-refractivity contribution in [2.45, 2.75) is 74.7 Å². The summed E-state index contributed by atoms with van der Waals surface area (Å²) in [5, 5.41) is 25.2. The molecular formula is C27H29F3N6O8S2. The van der Waals surface area contributed by atoms with Crippen LogP contribution in [-0.4, -0.2) is 102 Å². The molecule has 4 heterocycles. The number of rotatable bonds is 8. The molecular weight excluding hydrogens is 657 g/mol. The molecule has 1 aromatic heterocycles. The Morgan fingerprint density at radius 2 is 1.83 bits per heavy atom. The predicted molar refractivity (Wildman–Crippen MR) is 157 cm³/mol. The standard InChI is InChI=1S/C25H28N6O6S2.C2HF3O2/c26-25-27-16(11-39-25)17(29-37-15-3-1-2-4-15)20(32)28-18-22(34)31-19(24(35)36)13(10-38-23(18)31)9-12-7-8-30(21(12)33)14-5-6-14;3-2(4,5)1(6)7/h9,11,14-15,18,23H,1-8,10H2,(H2,26,27)(H,28,32)(H,35,36);(H,6,7)/b12-9-,29-17-;/t18-,23-;/m1./s1. The molecule has 6 rings (SSSR count). The number of hydrogen-bond donors (Lipinski definition) is 4. The molecule has 5 N–H and O–H groups in total. The third kappa shape index (κ3) is 7.14. The minimum atomic E-state index is -5.08. The Bertz CT molecular complexity index is 1530. The number of carboxylic acid groups (broad SMARTS) is 2. The van der Waals surface area contributed by atoms with E-state index in [4.69, 9.17) is 20.5 Å². The number of fused-ring (bicyclic) bond motifs is 1. The van der Waals surface area contributed by atoms with Gasteiger partial charge in [0.05, 0.1) is 0 Å². The maximum atomic E-state index is 13.3. The van der Waals surface area contributed by atoms with Crippen LogP contribution in [0.2, 0.25) is 0 Å². The fourth-order valence-electron chi connectivity index (χ4n) is 5.40. The van der Waals surface area contributed by atoms with Gasteiger partial charge in [0.25, 0.3) is 11.8 Å². The molecule has 0 bridgehead atoms. The van der Waals surface area contributed by atoms with E-state index in [0.29, 0.717) is 30.2 Å². The van der Waals surface area contributed by atoms with Crippen molar-refractivity contribution in [3.63, 3.8) is 0 Å². The van der Waals surface area contributed by atoms with Crippen molar-refractivity contribution in [1.29, 1.82) is 0 Å². The van der Waals surface area contributed by atoms with Crippen molar-refractivity contribution in [2.24, 2.45) is 5.16 Å². The number of β-lactam (4-membered cyclic amide) rings is 1. The van der Waals surface area contributed by atoms with Crippen LogP contribution in [0.5, 0.6) is 0 Å². The summed E-state index contributed by atoms with van der Waals surface area (Å²) in [6.07, 6.45) is 2.78. The second kappa shape index (κ2) is 13.3. The zero-order chi connectivity index (χ0) is 33.3. The molecule has 2 atom stereocenters. The predicted octanol–water partition coefficient (Wildman–Crippen LogP) is 2.08. The number of nitrogens with zero attached hydrogens (tertiary/aromatic N) is 4. The Hall–Kier alpha value is -4.13. The minimum absolute atomic E-state index is 0.0590. The summed E-state index contributed by atoms with van der Waals surface area (Å²) >= 11 is 2.50. The van der Waals surface area contributed by atoms with Crippen LogP contribution in [0.3, 0.4) is 0 Å². The number of aliphatic carboxylic acids is 2. The highest BCUT2D eigenvalue weighted by atomic mass is 32.2. The second-order valence-corrected chi connectivity index (χ2v) is 13.0. The van der Waals surface area contributed by atoms with E-state index < -0.39 is 41.3 Å². The van der Waals surface area contributed by atoms with Gasteiger partial charge in [0.15, 0.2) is 10.8 Å². The summed E-state index contributed by atoms with van der Waals surface area (Å²) in [6, 6.07) is -0.655. The summed E-state index contributed by atoms with van der Waals surface area (Å²) in [6.45, 7) is 0.635. The molecule has 3 aliphatic heterocycles. The van der Waals surface area contributed by atoms with Gasteiger partial charge >= 0.3 is 18.1 Å². The summed E-state index contributed by atoms with van der Waals surface area (Å²) in [5.41, 5.74) is 6.77. The number of thiazole rings is 1. The lowest BCUT2D eigenvalue weighted by Gasteiger charge is -2.49. The number of carbonyl (C=O) groups excluding carboxylic acids is 3. The monoisotopic (exact) mass is 686 g/mol. The Kier molecular flexibility index (Phi) is 9.62. The molecule has 2 saturated heterocycles. The van der Waals surface area contributed by atoms with Crippen LogP contribution in [-0.2, 0) is 28.8 Å². The molecule has 248 valence electrons. The fraction of sp³-hybridized carbons (Fsp3) is 0.519. The first-order valence-corrected chi connectivity index (χ1v) is 16.2. The Morgan fingerprint density at radius 3 is 2.39 bits per heavy atom. The van der Waals surface area contributed by atoms with E-state index in [9.17, 15) is 37.5 Å². The average molecular weight is 687 g/mol. The Balaban J connectivity index is 0.000000537. The number of carboxylic acids is 2. The number of halogens is 3. The van der Waals surface area contributed by atoms with E-state index in [1.54, 1.807) is 11.5 Å². The zero-order valence-electron chi connectivity index (χ0n) is 24.0. The van der Waals surface area contributed by atoms with E-state index in [0.717, 1.165) is 49.9 Å². The van der Waals surface area contributed by atoms with E-state index in [1.165, 1.54) is 16.7 Å².